The summed E-state index contributed by atoms with van der Waals surface area (Å²) in [7, 11) is 0. The van der Waals surface area contributed by atoms with Crippen molar-refractivity contribution >= 4 is 11.8 Å². The van der Waals surface area contributed by atoms with Crippen molar-refractivity contribution in [3.8, 4) is 5.75 Å². The van der Waals surface area contributed by atoms with Gasteiger partial charge in [-0.05, 0) is 42.3 Å². The second-order valence-corrected chi connectivity index (χ2v) is 4.76. The molecule has 0 saturated carbocycles. The molecule has 0 atom stereocenters. The van der Waals surface area contributed by atoms with E-state index in [2.05, 4.69) is 31.2 Å². The average molecular weight is 230 g/mol. The Morgan fingerprint density at radius 1 is 1.00 bits per heavy atom. The van der Waals surface area contributed by atoms with E-state index in [1.807, 2.05) is 12.1 Å². The standard InChI is InChI=1S/C14H14OS/c1-11-4-2-3-5-12(11)10-16-14-8-6-13(15)7-9-14/h2-9,15H,10H2,1H3. The van der Waals surface area contributed by atoms with Gasteiger partial charge in [0.05, 0.1) is 0 Å². The van der Waals surface area contributed by atoms with Gasteiger partial charge in [-0.25, -0.2) is 0 Å². The van der Waals surface area contributed by atoms with Gasteiger partial charge < -0.3 is 5.11 Å². The lowest BCUT2D eigenvalue weighted by Gasteiger charge is -2.05. The molecule has 0 amide bonds. The van der Waals surface area contributed by atoms with E-state index in [-0.39, 0.29) is 0 Å². The maximum Gasteiger partial charge on any atom is 0.115 e. The topological polar surface area (TPSA) is 20.2 Å². The maximum atomic E-state index is 9.18. The van der Waals surface area contributed by atoms with E-state index < -0.39 is 0 Å². The van der Waals surface area contributed by atoms with Gasteiger partial charge in [-0.15, -0.1) is 11.8 Å². The van der Waals surface area contributed by atoms with E-state index in [1.54, 1.807) is 23.9 Å². The largest absolute Gasteiger partial charge is 0.508 e. The van der Waals surface area contributed by atoms with E-state index >= 15 is 0 Å². The maximum absolute atomic E-state index is 9.18. The van der Waals surface area contributed by atoms with Crippen molar-refractivity contribution in [1.29, 1.82) is 0 Å². The molecule has 82 valence electrons. The quantitative estimate of drug-likeness (QED) is 0.804. The van der Waals surface area contributed by atoms with E-state index in [1.165, 1.54) is 16.0 Å². The third-order valence-corrected chi connectivity index (χ3v) is 3.55. The van der Waals surface area contributed by atoms with Gasteiger partial charge >= 0.3 is 0 Å². The fourth-order valence-electron chi connectivity index (χ4n) is 1.48. The number of benzene rings is 2. The molecule has 2 aromatic rings. The van der Waals surface area contributed by atoms with E-state index in [4.69, 9.17) is 0 Å². The predicted molar refractivity (Wildman–Crippen MR) is 68.8 cm³/mol. The number of phenols is 1. The summed E-state index contributed by atoms with van der Waals surface area (Å²) in [6.07, 6.45) is 0. The summed E-state index contributed by atoms with van der Waals surface area (Å²) in [5, 5.41) is 9.18. The molecule has 0 aliphatic heterocycles. The molecule has 0 aliphatic rings. The molecule has 0 spiro atoms. The van der Waals surface area contributed by atoms with Gasteiger partial charge in [0.15, 0.2) is 0 Å². The van der Waals surface area contributed by atoms with Crippen LogP contribution < -0.4 is 0 Å². The molecule has 0 bridgehead atoms. The molecule has 0 unspecified atom stereocenters. The SMILES string of the molecule is Cc1ccccc1CSc1ccc(O)cc1. The molecule has 1 nitrogen and oxygen atoms in total. The van der Waals surface area contributed by atoms with Crippen molar-refractivity contribution in [3.05, 3.63) is 59.7 Å². The molecule has 2 heteroatoms. The summed E-state index contributed by atoms with van der Waals surface area (Å²) < 4.78 is 0. The average Bonchev–Trinajstić information content (AvgIpc) is 2.30. The third-order valence-electron chi connectivity index (χ3n) is 2.49. The van der Waals surface area contributed by atoms with Crippen LogP contribution in [0.25, 0.3) is 0 Å². The zero-order valence-corrected chi connectivity index (χ0v) is 10.00. The summed E-state index contributed by atoms with van der Waals surface area (Å²) >= 11 is 1.79. The summed E-state index contributed by atoms with van der Waals surface area (Å²) in [4.78, 5) is 1.18. The van der Waals surface area contributed by atoms with Gasteiger partial charge in [0.25, 0.3) is 0 Å². The zero-order valence-electron chi connectivity index (χ0n) is 9.18. The van der Waals surface area contributed by atoms with Crippen LogP contribution in [0.15, 0.2) is 53.4 Å². The predicted octanol–water partition coefficient (Wildman–Crippen LogP) is 3.99. The van der Waals surface area contributed by atoms with E-state index in [0.717, 1.165) is 5.75 Å². The molecule has 16 heavy (non-hydrogen) atoms. The van der Waals surface area contributed by atoms with Crippen LogP contribution in [-0.4, -0.2) is 5.11 Å². The highest BCUT2D eigenvalue weighted by atomic mass is 32.2. The molecule has 1 N–H and O–H groups in total. The van der Waals surface area contributed by atoms with Gasteiger partial charge in [0.2, 0.25) is 0 Å². The lowest BCUT2D eigenvalue weighted by Crippen LogP contribution is -1.84. The molecule has 0 aromatic heterocycles. The molecule has 0 fully saturated rings. The van der Waals surface area contributed by atoms with Gasteiger partial charge in [-0.2, -0.15) is 0 Å². The van der Waals surface area contributed by atoms with Crippen molar-refractivity contribution < 1.29 is 5.11 Å². The van der Waals surface area contributed by atoms with E-state index in [9.17, 15) is 5.11 Å². The Kier molecular flexibility index (Phi) is 3.52. The van der Waals surface area contributed by atoms with Crippen LogP contribution >= 0.6 is 11.8 Å². The zero-order chi connectivity index (χ0) is 11.4. The van der Waals surface area contributed by atoms with Crippen LogP contribution in [0, 0.1) is 6.92 Å². The Bertz CT molecular complexity index is 462. The van der Waals surface area contributed by atoms with Crippen molar-refractivity contribution in [2.75, 3.05) is 0 Å². The Labute approximate surface area is 100 Å². The van der Waals surface area contributed by atoms with Crippen molar-refractivity contribution in [1.82, 2.24) is 0 Å². The monoisotopic (exact) mass is 230 g/mol. The highest BCUT2D eigenvalue weighted by Crippen LogP contribution is 2.25. The van der Waals surface area contributed by atoms with Crippen LogP contribution in [0.5, 0.6) is 5.75 Å². The minimum absolute atomic E-state index is 0.320. The third kappa shape index (κ3) is 2.80. The number of aromatic hydroxyl groups is 1. The molecule has 2 aromatic carbocycles. The number of phenolic OH excluding ortho intramolecular Hbond substituents is 1. The normalized spacial score (nSPS) is 10.3. The Morgan fingerprint density at radius 3 is 2.38 bits per heavy atom. The minimum atomic E-state index is 0.320. The number of hydrogen-bond donors (Lipinski definition) is 1. The highest BCUT2D eigenvalue weighted by molar-refractivity contribution is 7.98. The second-order valence-electron chi connectivity index (χ2n) is 3.71. The highest BCUT2D eigenvalue weighted by Gasteiger charge is 1.99. The van der Waals surface area contributed by atoms with Gasteiger partial charge in [0.1, 0.15) is 5.75 Å². The summed E-state index contributed by atoms with van der Waals surface area (Å²) in [6.45, 7) is 2.13. The first-order valence-electron chi connectivity index (χ1n) is 5.22. The lowest BCUT2D eigenvalue weighted by molar-refractivity contribution is 0.475. The first-order valence-corrected chi connectivity index (χ1v) is 6.20. The molecular formula is C14H14OS. The summed E-state index contributed by atoms with van der Waals surface area (Å²) in [6, 6.07) is 15.7. The summed E-state index contributed by atoms with van der Waals surface area (Å²) in [5.41, 5.74) is 2.69. The Morgan fingerprint density at radius 2 is 1.69 bits per heavy atom. The van der Waals surface area contributed by atoms with Crippen molar-refractivity contribution in [3.63, 3.8) is 0 Å². The minimum Gasteiger partial charge on any atom is -0.508 e. The van der Waals surface area contributed by atoms with Gasteiger partial charge in [-0.1, -0.05) is 24.3 Å². The smallest absolute Gasteiger partial charge is 0.115 e. The van der Waals surface area contributed by atoms with E-state index in [0.29, 0.717) is 5.75 Å². The number of hydrogen-bond acceptors (Lipinski definition) is 2. The molecular weight excluding hydrogens is 216 g/mol. The molecule has 0 heterocycles. The van der Waals surface area contributed by atoms with Crippen LogP contribution in [-0.2, 0) is 5.75 Å². The second kappa shape index (κ2) is 5.08. The number of rotatable bonds is 3. The Hall–Kier alpha value is -1.41. The Balaban J connectivity index is 2.02. The molecule has 0 saturated heterocycles. The van der Waals surface area contributed by atoms with Crippen molar-refractivity contribution in [2.45, 2.75) is 17.6 Å². The number of thioether (sulfide) groups is 1. The molecule has 0 radical (unpaired) electrons. The van der Waals surface area contributed by atoms with Gasteiger partial charge in [-0.3, -0.25) is 0 Å². The van der Waals surface area contributed by atoms with Crippen LogP contribution in [0.4, 0.5) is 0 Å². The van der Waals surface area contributed by atoms with Gasteiger partial charge in [0, 0.05) is 10.6 Å². The first kappa shape index (κ1) is 11.1. The first-order chi connectivity index (χ1) is 7.75. The summed E-state index contributed by atoms with van der Waals surface area (Å²) in [5.74, 6) is 1.29. The fraction of sp³-hybridized carbons (Fsp3) is 0.143. The van der Waals surface area contributed by atoms with Crippen LogP contribution in [0.1, 0.15) is 11.1 Å². The molecule has 2 rings (SSSR count). The number of aryl methyl sites for hydroxylation is 1. The van der Waals surface area contributed by atoms with Crippen LogP contribution in [0.3, 0.4) is 0 Å². The van der Waals surface area contributed by atoms with Crippen molar-refractivity contribution in [2.24, 2.45) is 0 Å². The fourth-order valence-corrected chi connectivity index (χ4v) is 2.45. The molecule has 0 aliphatic carbocycles. The lowest BCUT2D eigenvalue weighted by atomic mass is 10.1. The van der Waals surface area contributed by atoms with Crippen LogP contribution in [0.2, 0.25) is 0 Å².